The zero-order valence-corrected chi connectivity index (χ0v) is 53.2. The highest BCUT2D eigenvalue weighted by Crippen LogP contribution is 2.49. The largest absolute Gasteiger partial charge is 0.378 e. The number of anilines is 3. The van der Waals surface area contributed by atoms with Gasteiger partial charge in [0.2, 0.25) is 0 Å². The van der Waals surface area contributed by atoms with Crippen LogP contribution in [0.3, 0.4) is 0 Å². The Morgan fingerprint density at radius 2 is 0.911 bits per heavy atom. The lowest BCUT2D eigenvalue weighted by Gasteiger charge is -2.38. The van der Waals surface area contributed by atoms with Crippen molar-refractivity contribution in [3.8, 4) is 12.1 Å². The molecule has 1 aliphatic heterocycles. The summed E-state index contributed by atoms with van der Waals surface area (Å²) in [5.41, 5.74) is 9.23. The maximum Gasteiger partial charge on any atom is 0.138 e. The molecule has 0 radical (unpaired) electrons. The number of rotatable bonds is 38. The lowest BCUT2D eigenvalue weighted by atomic mass is 9.85. The van der Waals surface area contributed by atoms with Crippen molar-refractivity contribution in [1.29, 1.82) is 10.5 Å². The molecule has 0 bridgehead atoms. The number of aromatic nitrogens is 1. The Bertz CT molecular complexity index is 2790. The molecule has 0 fully saturated rings. The second-order valence-electron chi connectivity index (χ2n) is 23.6. The Kier molecular flexibility index (Phi) is 28.7. The molecule has 6 nitrogen and oxygen atoms in total. The maximum atomic E-state index is 10.9. The molecule has 0 aliphatic carbocycles. The van der Waals surface area contributed by atoms with Crippen LogP contribution in [0, 0.1) is 34.5 Å². The Labute approximate surface area is 496 Å². The first-order valence-electron chi connectivity index (χ1n) is 31.9. The van der Waals surface area contributed by atoms with Gasteiger partial charge in [-0.25, -0.2) is 4.99 Å². The Morgan fingerprint density at radius 3 is 1.39 bits per heavy atom. The Hall–Kier alpha value is -4.37. The van der Waals surface area contributed by atoms with Crippen LogP contribution >= 0.6 is 31.9 Å². The minimum atomic E-state index is 0.153. The van der Waals surface area contributed by atoms with E-state index in [0.29, 0.717) is 11.8 Å². The summed E-state index contributed by atoms with van der Waals surface area (Å²) in [7, 11) is 4.17. The maximum absolute atomic E-state index is 10.9. The van der Waals surface area contributed by atoms with Crippen LogP contribution in [0.15, 0.2) is 92.3 Å². The number of nitriles is 2. The van der Waals surface area contributed by atoms with E-state index in [1.165, 1.54) is 205 Å². The normalized spacial score (nSPS) is 13.2. The molecule has 2 atom stereocenters. The van der Waals surface area contributed by atoms with E-state index in [1.54, 1.807) is 0 Å². The number of nitrogens with zero attached hydrogens (tertiary/aromatic N) is 6. The first-order valence-corrected chi connectivity index (χ1v) is 33.5. The van der Waals surface area contributed by atoms with Gasteiger partial charge in [0.1, 0.15) is 17.7 Å². The number of hydrogen-bond acceptors (Lipinski definition) is 5. The van der Waals surface area contributed by atoms with Gasteiger partial charge in [0.05, 0.1) is 22.1 Å². The van der Waals surface area contributed by atoms with E-state index in [0.717, 1.165) is 88.6 Å². The standard InChI is InChI=1S/C71H100Br2N6/c1-7-11-15-19-23-25-29-33-37-55(35-31-27-21-17-13-9-3)53-78-66-45-39-58(72)47-62(66)70(57(51-74)52-75)63-49-69-65(50-68(63)78)71(76-60-41-43-61(44-42-60)77(5)6)64-48-59(73)40-46-67(64)79(69)54-56(36-32-28-22-18-14-10-4)38-34-30-26-24-20-16-12-8-2/h39-50,55-56H,7-38,53-54H2,1-6H3. The van der Waals surface area contributed by atoms with Crippen molar-refractivity contribution in [2.24, 2.45) is 16.8 Å². The van der Waals surface area contributed by atoms with Crippen molar-refractivity contribution in [1.82, 2.24) is 4.57 Å². The van der Waals surface area contributed by atoms with E-state index >= 15 is 0 Å². The summed E-state index contributed by atoms with van der Waals surface area (Å²) in [5, 5.41) is 25.1. The molecule has 2 heterocycles. The highest BCUT2D eigenvalue weighted by atomic mass is 79.9. The van der Waals surface area contributed by atoms with Gasteiger partial charge >= 0.3 is 0 Å². The number of unbranched alkanes of at least 4 members (excludes halogenated alkanes) is 24. The summed E-state index contributed by atoms with van der Waals surface area (Å²) in [4.78, 5) is 10.4. The molecule has 0 saturated heterocycles. The lowest BCUT2D eigenvalue weighted by Crippen LogP contribution is -2.30. The molecule has 79 heavy (non-hydrogen) atoms. The summed E-state index contributed by atoms with van der Waals surface area (Å²) < 4.78 is 4.60. The molecule has 0 spiro atoms. The van der Waals surface area contributed by atoms with Crippen molar-refractivity contribution >= 4 is 82.0 Å². The third-order valence-corrected chi connectivity index (χ3v) is 18.1. The van der Waals surface area contributed by atoms with E-state index in [2.05, 4.69) is 173 Å². The second kappa shape index (κ2) is 35.5. The van der Waals surface area contributed by atoms with E-state index < -0.39 is 0 Å². The van der Waals surface area contributed by atoms with Crippen LogP contribution in [0.5, 0.6) is 0 Å². The number of fused-ring (bicyclic) bond motifs is 4. The van der Waals surface area contributed by atoms with Crippen molar-refractivity contribution in [2.45, 2.75) is 240 Å². The van der Waals surface area contributed by atoms with Crippen molar-refractivity contribution < 1.29 is 0 Å². The third-order valence-electron chi connectivity index (χ3n) is 17.1. The molecule has 0 amide bonds. The third kappa shape index (κ3) is 19.4. The average Bonchev–Trinajstić information content (AvgIpc) is 3.64. The molecule has 428 valence electrons. The van der Waals surface area contributed by atoms with Gasteiger partial charge in [-0.05, 0) is 110 Å². The molecular weight excluding hydrogens is 1100 g/mol. The molecule has 0 N–H and O–H groups in total. The predicted molar refractivity (Wildman–Crippen MR) is 349 cm³/mol. The zero-order valence-electron chi connectivity index (χ0n) is 50.1. The molecule has 6 rings (SSSR count). The van der Waals surface area contributed by atoms with Crippen LogP contribution in [-0.2, 0) is 6.54 Å². The first kappa shape index (κ1) is 63.8. The smallest absolute Gasteiger partial charge is 0.138 e. The molecule has 1 aliphatic rings. The number of allylic oxidation sites excluding steroid dienone is 1. The molecule has 8 heteroatoms. The zero-order chi connectivity index (χ0) is 56.2. The fourth-order valence-corrected chi connectivity index (χ4v) is 13.2. The van der Waals surface area contributed by atoms with Crippen LogP contribution in [0.2, 0.25) is 0 Å². The van der Waals surface area contributed by atoms with Gasteiger partial charge in [-0.1, -0.05) is 239 Å². The van der Waals surface area contributed by atoms with Crippen LogP contribution in [-0.4, -0.2) is 25.2 Å². The summed E-state index contributed by atoms with van der Waals surface area (Å²) in [6, 6.07) is 31.6. The summed E-state index contributed by atoms with van der Waals surface area (Å²) in [6.07, 6.45) is 41.4. The molecule has 2 unspecified atom stereocenters. The topological polar surface area (TPSA) is 71.3 Å². The molecule has 0 saturated carbocycles. The van der Waals surface area contributed by atoms with Crippen molar-refractivity contribution in [3.05, 3.63) is 104 Å². The van der Waals surface area contributed by atoms with Gasteiger partial charge in [-0.2, -0.15) is 10.5 Å². The van der Waals surface area contributed by atoms with Crippen LogP contribution in [0.4, 0.5) is 22.7 Å². The quantitative estimate of drug-likeness (QED) is 0.0224. The van der Waals surface area contributed by atoms with E-state index in [4.69, 9.17) is 4.99 Å². The molecular formula is C71H100Br2N6. The fourth-order valence-electron chi connectivity index (χ4n) is 12.4. The van der Waals surface area contributed by atoms with E-state index in [-0.39, 0.29) is 5.57 Å². The van der Waals surface area contributed by atoms with Crippen LogP contribution < -0.4 is 15.2 Å². The van der Waals surface area contributed by atoms with Crippen molar-refractivity contribution in [3.63, 3.8) is 0 Å². The molecule has 1 aromatic heterocycles. The number of benzene rings is 4. The number of halogens is 2. The minimum Gasteiger partial charge on any atom is -0.378 e. The Morgan fingerprint density at radius 1 is 0.481 bits per heavy atom. The molecule has 5 aromatic rings. The SMILES string of the molecule is CCCCCCCCCCC(CCCCCCCC)CN1c2ccc(Br)cc2C(=C(C#N)C#N)c2cc3c(cc21)c(=Nc1ccc(N(C)C)cc1)c1cc(Br)ccc1n3CC(CCCCCCCC)CCCCCCCCCC. The Balaban J connectivity index is 1.57. The summed E-state index contributed by atoms with van der Waals surface area (Å²) in [6.45, 7) is 11.0. The second-order valence-corrected chi connectivity index (χ2v) is 25.5. The fraction of sp³-hybridized carbons (Fsp3) is 0.592. The predicted octanol–water partition coefficient (Wildman–Crippen LogP) is 22.7. The van der Waals surface area contributed by atoms with Gasteiger partial charge in [-0.3, -0.25) is 0 Å². The number of pyridine rings is 1. The van der Waals surface area contributed by atoms with Gasteiger partial charge in [0.15, 0.2) is 0 Å². The van der Waals surface area contributed by atoms with E-state index in [9.17, 15) is 10.5 Å². The number of hydrogen-bond donors (Lipinski definition) is 0. The first-order chi connectivity index (χ1) is 38.6. The highest BCUT2D eigenvalue weighted by Gasteiger charge is 2.32. The average molecular weight is 1200 g/mol. The van der Waals surface area contributed by atoms with Gasteiger partial charge in [0, 0.05) is 80.7 Å². The van der Waals surface area contributed by atoms with Crippen LogP contribution in [0.1, 0.15) is 244 Å². The lowest BCUT2D eigenvalue weighted by molar-refractivity contribution is 0.364. The monoisotopic (exact) mass is 1190 g/mol. The van der Waals surface area contributed by atoms with Crippen LogP contribution in [0.25, 0.3) is 27.4 Å². The summed E-state index contributed by atoms with van der Waals surface area (Å²) >= 11 is 7.82. The minimum absolute atomic E-state index is 0.153. The summed E-state index contributed by atoms with van der Waals surface area (Å²) in [5.74, 6) is 0.985. The van der Waals surface area contributed by atoms with Crippen molar-refractivity contribution in [2.75, 3.05) is 30.4 Å². The highest BCUT2D eigenvalue weighted by molar-refractivity contribution is 9.10. The van der Waals surface area contributed by atoms with E-state index in [1.807, 2.05) is 0 Å². The van der Waals surface area contributed by atoms with Gasteiger partial charge in [-0.15, -0.1) is 0 Å². The molecule has 4 aromatic carbocycles. The van der Waals surface area contributed by atoms with Gasteiger partial charge < -0.3 is 14.4 Å². The van der Waals surface area contributed by atoms with Gasteiger partial charge in [0.25, 0.3) is 0 Å².